The van der Waals surface area contributed by atoms with Gasteiger partial charge in [0, 0.05) is 29.1 Å². The van der Waals surface area contributed by atoms with Crippen molar-refractivity contribution < 1.29 is 14.8 Å². The van der Waals surface area contributed by atoms with E-state index in [1.807, 2.05) is 18.2 Å². The van der Waals surface area contributed by atoms with E-state index in [9.17, 15) is 20.0 Å². The van der Waals surface area contributed by atoms with Gasteiger partial charge in [-0.3, -0.25) is 14.9 Å². The minimum Gasteiger partial charge on any atom is -0.508 e. The van der Waals surface area contributed by atoms with E-state index >= 15 is 0 Å². The topological polar surface area (TPSA) is 104 Å². The maximum atomic E-state index is 12.3. The summed E-state index contributed by atoms with van der Waals surface area (Å²) in [5, 5.41) is 26.4. The maximum Gasteiger partial charge on any atom is 0.293 e. The molecular formula is C19H15N3O4. The summed E-state index contributed by atoms with van der Waals surface area (Å²) in [6.45, 7) is 0. The van der Waals surface area contributed by atoms with Crippen LogP contribution in [0.3, 0.4) is 0 Å². The number of anilines is 3. The first kappa shape index (κ1) is 17.0. The van der Waals surface area contributed by atoms with Gasteiger partial charge in [0.2, 0.25) is 0 Å². The Morgan fingerprint density at radius 1 is 0.923 bits per heavy atom. The molecule has 0 radical (unpaired) electrons. The zero-order valence-electron chi connectivity index (χ0n) is 13.5. The number of nitro groups is 1. The number of nitrogens with zero attached hydrogens (tertiary/aromatic N) is 1. The van der Waals surface area contributed by atoms with E-state index in [1.165, 1.54) is 30.3 Å². The number of nitrogens with one attached hydrogen (secondary N) is 2. The Labute approximate surface area is 149 Å². The van der Waals surface area contributed by atoms with Crippen LogP contribution < -0.4 is 10.6 Å². The molecule has 3 rings (SSSR count). The van der Waals surface area contributed by atoms with E-state index in [1.54, 1.807) is 24.3 Å². The monoisotopic (exact) mass is 349 g/mol. The Morgan fingerprint density at radius 3 is 2.35 bits per heavy atom. The maximum absolute atomic E-state index is 12.3. The molecule has 0 heterocycles. The highest BCUT2D eigenvalue weighted by molar-refractivity contribution is 6.05. The molecule has 0 saturated carbocycles. The molecule has 0 bridgehead atoms. The zero-order chi connectivity index (χ0) is 18.5. The third-order valence-electron chi connectivity index (χ3n) is 3.61. The highest BCUT2D eigenvalue weighted by Crippen LogP contribution is 2.29. The van der Waals surface area contributed by atoms with Gasteiger partial charge in [0.25, 0.3) is 11.6 Å². The first-order chi connectivity index (χ1) is 12.5. The molecule has 3 aromatic carbocycles. The molecule has 7 heteroatoms. The minimum atomic E-state index is -0.545. The predicted molar refractivity (Wildman–Crippen MR) is 98.9 cm³/mol. The molecule has 3 N–H and O–H groups in total. The molecule has 0 fully saturated rings. The predicted octanol–water partition coefficient (Wildman–Crippen LogP) is 4.30. The molecular weight excluding hydrogens is 334 g/mol. The number of phenols is 1. The van der Waals surface area contributed by atoms with Gasteiger partial charge >= 0.3 is 0 Å². The van der Waals surface area contributed by atoms with E-state index in [2.05, 4.69) is 10.6 Å². The van der Waals surface area contributed by atoms with Crippen LogP contribution in [0.15, 0.2) is 72.8 Å². The van der Waals surface area contributed by atoms with Gasteiger partial charge in [-0.25, -0.2) is 0 Å². The lowest BCUT2D eigenvalue weighted by atomic mass is 10.1. The van der Waals surface area contributed by atoms with Gasteiger partial charge in [-0.2, -0.15) is 0 Å². The highest BCUT2D eigenvalue weighted by atomic mass is 16.6. The van der Waals surface area contributed by atoms with Crippen molar-refractivity contribution in [3.8, 4) is 5.75 Å². The first-order valence-corrected chi connectivity index (χ1v) is 7.74. The lowest BCUT2D eigenvalue weighted by Gasteiger charge is -2.09. The fourth-order valence-corrected chi connectivity index (χ4v) is 2.39. The lowest BCUT2D eigenvalue weighted by molar-refractivity contribution is -0.383. The molecule has 0 aromatic heterocycles. The number of carbonyl (C=O) groups excluding carboxylic acids is 1. The van der Waals surface area contributed by atoms with E-state index in [-0.39, 0.29) is 22.7 Å². The van der Waals surface area contributed by atoms with Gasteiger partial charge in [0.1, 0.15) is 11.4 Å². The number of nitro benzene ring substituents is 1. The Morgan fingerprint density at radius 2 is 1.65 bits per heavy atom. The van der Waals surface area contributed by atoms with Crippen LogP contribution >= 0.6 is 0 Å². The molecule has 1 amide bonds. The van der Waals surface area contributed by atoms with Crippen LogP contribution in [0.2, 0.25) is 0 Å². The van der Waals surface area contributed by atoms with Crippen molar-refractivity contribution in [3.05, 3.63) is 88.5 Å². The van der Waals surface area contributed by atoms with Crippen LogP contribution in [0, 0.1) is 10.1 Å². The minimum absolute atomic E-state index is 0.0104. The summed E-state index contributed by atoms with van der Waals surface area (Å²) in [5.74, 6) is -0.499. The second-order valence-electron chi connectivity index (χ2n) is 5.48. The first-order valence-electron chi connectivity index (χ1n) is 7.74. The van der Waals surface area contributed by atoms with Crippen molar-refractivity contribution in [1.82, 2.24) is 0 Å². The quantitative estimate of drug-likeness (QED) is 0.471. The molecule has 0 aliphatic rings. The smallest absolute Gasteiger partial charge is 0.293 e. The Kier molecular flexibility index (Phi) is 4.80. The molecule has 0 saturated heterocycles. The Hall–Kier alpha value is -3.87. The largest absolute Gasteiger partial charge is 0.508 e. The van der Waals surface area contributed by atoms with Gasteiger partial charge < -0.3 is 15.7 Å². The summed E-state index contributed by atoms with van der Waals surface area (Å²) in [4.78, 5) is 23.2. The molecule has 0 aliphatic heterocycles. The summed E-state index contributed by atoms with van der Waals surface area (Å²) >= 11 is 0. The fraction of sp³-hybridized carbons (Fsp3) is 0. The van der Waals surface area contributed by atoms with Crippen molar-refractivity contribution >= 4 is 28.7 Å². The molecule has 0 spiro atoms. The average molecular weight is 349 g/mol. The summed E-state index contributed by atoms with van der Waals surface area (Å²) in [6, 6.07) is 19.3. The third-order valence-corrected chi connectivity index (χ3v) is 3.61. The van der Waals surface area contributed by atoms with E-state index in [4.69, 9.17) is 0 Å². The number of para-hydroxylation sites is 1. The number of phenolic OH excluding ortho intramolecular Hbond substituents is 1. The van der Waals surface area contributed by atoms with E-state index in [0.29, 0.717) is 11.4 Å². The Balaban J connectivity index is 1.86. The summed E-state index contributed by atoms with van der Waals surface area (Å²) in [6.07, 6.45) is 0. The van der Waals surface area contributed by atoms with Crippen LogP contribution in [0.25, 0.3) is 0 Å². The van der Waals surface area contributed by atoms with Gasteiger partial charge in [-0.1, -0.05) is 24.3 Å². The number of rotatable bonds is 5. The van der Waals surface area contributed by atoms with Crippen molar-refractivity contribution in [2.45, 2.75) is 0 Å². The molecule has 26 heavy (non-hydrogen) atoms. The number of hydrogen-bond donors (Lipinski definition) is 3. The van der Waals surface area contributed by atoms with Crippen molar-refractivity contribution in [2.75, 3.05) is 10.6 Å². The lowest BCUT2D eigenvalue weighted by Crippen LogP contribution is -2.12. The summed E-state index contributed by atoms with van der Waals surface area (Å²) in [5.41, 5.74) is 1.31. The van der Waals surface area contributed by atoms with E-state index in [0.717, 1.165) is 0 Å². The van der Waals surface area contributed by atoms with Crippen molar-refractivity contribution in [2.24, 2.45) is 0 Å². The molecule has 3 aromatic rings. The zero-order valence-corrected chi connectivity index (χ0v) is 13.5. The average Bonchev–Trinajstić information content (AvgIpc) is 2.62. The number of hydrogen-bond acceptors (Lipinski definition) is 5. The number of aromatic hydroxyl groups is 1. The summed E-state index contributed by atoms with van der Waals surface area (Å²) in [7, 11) is 0. The fourth-order valence-electron chi connectivity index (χ4n) is 2.39. The van der Waals surface area contributed by atoms with Gasteiger partial charge in [-0.05, 0) is 36.4 Å². The Bertz CT molecular complexity index is 958. The van der Waals surface area contributed by atoms with Gasteiger partial charge in [-0.15, -0.1) is 0 Å². The second-order valence-corrected chi connectivity index (χ2v) is 5.48. The highest BCUT2D eigenvalue weighted by Gasteiger charge is 2.18. The normalized spacial score (nSPS) is 10.2. The molecule has 130 valence electrons. The van der Waals surface area contributed by atoms with Crippen LogP contribution in [-0.2, 0) is 0 Å². The van der Waals surface area contributed by atoms with Crippen LogP contribution in [0.4, 0.5) is 22.7 Å². The molecule has 0 unspecified atom stereocenters. The van der Waals surface area contributed by atoms with Crippen molar-refractivity contribution in [3.63, 3.8) is 0 Å². The SMILES string of the molecule is O=C(Nc1cccc(O)c1)c1ccc(Nc2ccccc2)c([N+](=O)[O-])c1. The van der Waals surface area contributed by atoms with Crippen LogP contribution in [-0.4, -0.2) is 15.9 Å². The molecule has 0 atom stereocenters. The molecule has 0 aliphatic carbocycles. The van der Waals surface area contributed by atoms with Gasteiger partial charge in [0.15, 0.2) is 0 Å². The second kappa shape index (κ2) is 7.35. The van der Waals surface area contributed by atoms with Crippen LogP contribution in [0.5, 0.6) is 5.75 Å². The van der Waals surface area contributed by atoms with E-state index < -0.39 is 10.8 Å². The molecule has 7 nitrogen and oxygen atoms in total. The number of amides is 1. The third kappa shape index (κ3) is 3.96. The number of carbonyl (C=O) groups is 1. The standard InChI is InChI=1S/C19H15N3O4/c23-16-8-4-7-15(12-16)21-19(24)13-9-10-17(18(11-13)22(25)26)20-14-5-2-1-3-6-14/h1-12,20,23H,(H,21,24). The van der Waals surface area contributed by atoms with Crippen molar-refractivity contribution in [1.29, 1.82) is 0 Å². The van der Waals surface area contributed by atoms with Crippen LogP contribution in [0.1, 0.15) is 10.4 Å². The number of benzene rings is 3. The van der Waals surface area contributed by atoms with Gasteiger partial charge in [0.05, 0.1) is 4.92 Å². The summed E-state index contributed by atoms with van der Waals surface area (Å²) < 4.78 is 0.